The molecule has 0 aromatic carbocycles. The van der Waals surface area contributed by atoms with Gasteiger partial charge in [0.25, 0.3) is 0 Å². The third kappa shape index (κ3) is 3.25. The fourth-order valence-electron chi connectivity index (χ4n) is 1.79. The zero-order valence-electron chi connectivity index (χ0n) is 9.44. The van der Waals surface area contributed by atoms with E-state index in [1.54, 1.807) is 0 Å². The van der Waals surface area contributed by atoms with Gasteiger partial charge >= 0.3 is 0 Å². The molecule has 0 spiro atoms. The Balaban J connectivity index is 1.52. The van der Waals surface area contributed by atoms with Gasteiger partial charge in [0, 0.05) is 12.8 Å². The zero-order chi connectivity index (χ0) is 11.4. The third-order valence-corrected chi connectivity index (χ3v) is 2.59. The quantitative estimate of drug-likeness (QED) is 0.674. The molecule has 0 aromatic rings. The Morgan fingerprint density at radius 3 is 1.62 bits per heavy atom. The Hall–Kier alpha value is -1.00. The molecule has 0 saturated carbocycles. The molecule has 0 amide bonds. The van der Waals surface area contributed by atoms with Crippen molar-refractivity contribution in [1.82, 2.24) is 0 Å². The first-order valence-electron chi connectivity index (χ1n) is 5.66. The Bertz CT molecular complexity index is 246. The molecule has 0 aliphatic carbocycles. The first-order chi connectivity index (χ1) is 7.74. The molecule has 0 radical (unpaired) electrons. The summed E-state index contributed by atoms with van der Waals surface area (Å²) in [5.41, 5.74) is 0. The summed E-state index contributed by atoms with van der Waals surface area (Å²) in [7, 11) is 0. The van der Waals surface area contributed by atoms with Crippen molar-refractivity contribution in [2.24, 2.45) is 0 Å². The highest BCUT2D eigenvalue weighted by molar-refractivity contribution is 4.87. The van der Waals surface area contributed by atoms with Crippen LogP contribution in [0, 0.1) is 0 Å². The largest absolute Gasteiger partial charge is 0.467 e. The van der Waals surface area contributed by atoms with E-state index in [2.05, 4.69) is 13.2 Å². The van der Waals surface area contributed by atoms with Gasteiger partial charge < -0.3 is 18.9 Å². The summed E-state index contributed by atoms with van der Waals surface area (Å²) >= 11 is 0. The van der Waals surface area contributed by atoms with Crippen molar-refractivity contribution in [2.75, 3.05) is 13.2 Å². The van der Waals surface area contributed by atoms with Crippen molar-refractivity contribution in [3.05, 3.63) is 24.7 Å². The van der Waals surface area contributed by atoms with E-state index in [-0.39, 0.29) is 12.6 Å². The molecule has 2 aliphatic heterocycles. The second-order valence-corrected chi connectivity index (χ2v) is 4.08. The van der Waals surface area contributed by atoms with Gasteiger partial charge in [0.05, 0.1) is 0 Å². The van der Waals surface area contributed by atoms with E-state index < -0.39 is 0 Å². The Morgan fingerprint density at radius 2 is 1.31 bits per heavy atom. The summed E-state index contributed by atoms with van der Waals surface area (Å²) in [6.45, 7) is 8.47. The molecule has 2 unspecified atom stereocenters. The van der Waals surface area contributed by atoms with Crippen molar-refractivity contribution in [1.29, 1.82) is 0 Å². The van der Waals surface area contributed by atoms with E-state index in [0.717, 1.165) is 37.2 Å². The Morgan fingerprint density at radius 1 is 0.875 bits per heavy atom. The summed E-state index contributed by atoms with van der Waals surface area (Å²) in [5, 5.41) is 0. The smallest absolute Gasteiger partial charge is 0.199 e. The van der Waals surface area contributed by atoms with Crippen molar-refractivity contribution in [2.45, 2.75) is 38.3 Å². The molecule has 0 bridgehead atoms. The minimum atomic E-state index is -0.104. The van der Waals surface area contributed by atoms with Crippen molar-refractivity contribution in [3.8, 4) is 0 Å². The summed E-state index contributed by atoms with van der Waals surface area (Å²) in [6, 6.07) is 0. The molecule has 2 rings (SSSR count). The van der Waals surface area contributed by atoms with Crippen LogP contribution in [0.5, 0.6) is 0 Å². The number of rotatable bonds is 5. The average molecular weight is 226 g/mol. The molecule has 0 aromatic heterocycles. The predicted molar refractivity (Wildman–Crippen MR) is 58.4 cm³/mol. The lowest BCUT2D eigenvalue weighted by molar-refractivity contribution is -0.0486. The van der Waals surface area contributed by atoms with E-state index >= 15 is 0 Å². The predicted octanol–water partition coefficient (Wildman–Crippen LogP) is 2.32. The summed E-state index contributed by atoms with van der Waals surface area (Å²) in [6.07, 6.45) is 3.65. The van der Waals surface area contributed by atoms with Gasteiger partial charge in [0.2, 0.25) is 0 Å². The topological polar surface area (TPSA) is 36.9 Å². The first-order valence-corrected chi connectivity index (χ1v) is 5.66. The van der Waals surface area contributed by atoms with Crippen molar-refractivity contribution < 1.29 is 18.9 Å². The number of hydrogen-bond donors (Lipinski definition) is 0. The van der Waals surface area contributed by atoms with Gasteiger partial charge in [-0.2, -0.15) is 0 Å². The fourth-order valence-corrected chi connectivity index (χ4v) is 1.79. The highest BCUT2D eigenvalue weighted by atomic mass is 16.7. The zero-order valence-corrected chi connectivity index (χ0v) is 9.44. The summed E-state index contributed by atoms with van der Waals surface area (Å²) in [4.78, 5) is 0. The lowest BCUT2D eigenvalue weighted by atomic mass is 10.2. The standard InChI is InChI=1S/C12H18O4/c1-9-7-13-11(15-9)5-3-4-6-12-14-8-10(2)16-12/h11-12H,1-8H2. The van der Waals surface area contributed by atoms with E-state index in [1.807, 2.05) is 0 Å². The lowest BCUT2D eigenvalue weighted by Gasteiger charge is -2.11. The van der Waals surface area contributed by atoms with Gasteiger partial charge in [0.1, 0.15) is 24.7 Å². The molecule has 0 N–H and O–H groups in total. The van der Waals surface area contributed by atoms with E-state index in [4.69, 9.17) is 18.9 Å². The van der Waals surface area contributed by atoms with Gasteiger partial charge in [-0.15, -0.1) is 0 Å². The minimum Gasteiger partial charge on any atom is -0.467 e. The molecule has 2 fully saturated rings. The van der Waals surface area contributed by atoms with Gasteiger partial charge in [-0.25, -0.2) is 0 Å². The maximum atomic E-state index is 5.36. The van der Waals surface area contributed by atoms with Crippen LogP contribution in [0.15, 0.2) is 24.7 Å². The average Bonchev–Trinajstić information content (AvgIpc) is 2.83. The van der Waals surface area contributed by atoms with Gasteiger partial charge in [-0.05, 0) is 12.8 Å². The molecule has 2 heterocycles. The van der Waals surface area contributed by atoms with Crippen LogP contribution in [-0.4, -0.2) is 25.8 Å². The molecule has 2 aliphatic rings. The maximum Gasteiger partial charge on any atom is 0.199 e. The minimum absolute atomic E-state index is 0.104. The molecular weight excluding hydrogens is 208 g/mol. The maximum absolute atomic E-state index is 5.36. The number of unbranched alkanes of at least 4 members (excludes halogenated alkanes) is 1. The summed E-state index contributed by atoms with van der Waals surface area (Å²) < 4.78 is 21.4. The molecule has 4 nitrogen and oxygen atoms in total. The van der Waals surface area contributed by atoms with Crippen LogP contribution in [0.3, 0.4) is 0 Å². The fraction of sp³-hybridized carbons (Fsp3) is 0.667. The van der Waals surface area contributed by atoms with Crippen LogP contribution in [0.1, 0.15) is 25.7 Å². The van der Waals surface area contributed by atoms with Crippen LogP contribution in [0.25, 0.3) is 0 Å². The van der Waals surface area contributed by atoms with Crippen molar-refractivity contribution >= 4 is 0 Å². The normalized spacial score (nSPS) is 29.2. The van der Waals surface area contributed by atoms with Crippen LogP contribution in [0.2, 0.25) is 0 Å². The summed E-state index contributed by atoms with van der Waals surface area (Å²) in [5.74, 6) is 1.45. The highest BCUT2D eigenvalue weighted by Crippen LogP contribution is 2.21. The van der Waals surface area contributed by atoms with Gasteiger partial charge in [0.15, 0.2) is 12.6 Å². The monoisotopic (exact) mass is 226 g/mol. The number of hydrogen-bond acceptors (Lipinski definition) is 4. The van der Waals surface area contributed by atoms with Gasteiger partial charge in [-0.1, -0.05) is 13.2 Å². The van der Waals surface area contributed by atoms with Crippen molar-refractivity contribution in [3.63, 3.8) is 0 Å². The lowest BCUT2D eigenvalue weighted by Crippen LogP contribution is -2.09. The first kappa shape index (κ1) is 11.5. The second kappa shape index (κ2) is 5.37. The van der Waals surface area contributed by atoms with E-state index in [0.29, 0.717) is 13.2 Å². The molecule has 16 heavy (non-hydrogen) atoms. The number of ether oxygens (including phenoxy) is 4. The SMILES string of the molecule is C=C1COC(CCCCC2OCC(=C)O2)O1. The Kier molecular flexibility index (Phi) is 3.85. The molecular formula is C12H18O4. The van der Waals surface area contributed by atoms with Crippen LogP contribution < -0.4 is 0 Å². The third-order valence-electron chi connectivity index (χ3n) is 2.59. The Labute approximate surface area is 95.8 Å². The molecule has 4 heteroatoms. The van der Waals surface area contributed by atoms with E-state index in [9.17, 15) is 0 Å². The molecule has 2 atom stereocenters. The van der Waals surface area contributed by atoms with Crippen LogP contribution in [0.4, 0.5) is 0 Å². The second-order valence-electron chi connectivity index (χ2n) is 4.08. The van der Waals surface area contributed by atoms with Crippen LogP contribution in [-0.2, 0) is 18.9 Å². The highest BCUT2D eigenvalue weighted by Gasteiger charge is 2.21. The molecule has 90 valence electrons. The molecule has 2 saturated heterocycles. The van der Waals surface area contributed by atoms with E-state index in [1.165, 1.54) is 0 Å². The van der Waals surface area contributed by atoms with Crippen LogP contribution >= 0.6 is 0 Å². The van der Waals surface area contributed by atoms with Gasteiger partial charge in [-0.3, -0.25) is 0 Å².